The Kier molecular flexibility index (Phi) is 2.57. The number of carboxylic acids is 1. The van der Waals surface area contributed by atoms with Crippen molar-refractivity contribution < 1.29 is 14.8 Å². The first-order chi connectivity index (χ1) is 8.09. The maximum atomic E-state index is 11.0. The van der Waals surface area contributed by atoms with Crippen LogP contribution in [0.25, 0.3) is 5.69 Å². The summed E-state index contributed by atoms with van der Waals surface area (Å²) < 4.78 is 1.17. The highest BCUT2D eigenvalue weighted by molar-refractivity contribution is 5.91. The third-order valence-electron chi connectivity index (χ3n) is 2.14. The Labute approximate surface area is 95.1 Å². The second kappa shape index (κ2) is 4.05. The van der Waals surface area contributed by atoms with Crippen molar-refractivity contribution in [3.63, 3.8) is 0 Å². The van der Waals surface area contributed by atoms with Crippen LogP contribution in [0.4, 0.5) is 5.82 Å². The number of carboxylic acid groups (broad SMARTS) is 1. The zero-order valence-electron chi connectivity index (χ0n) is 8.48. The van der Waals surface area contributed by atoms with Gasteiger partial charge in [0.2, 0.25) is 0 Å². The van der Waals surface area contributed by atoms with E-state index in [0.717, 1.165) is 0 Å². The molecule has 0 unspecified atom stereocenters. The van der Waals surface area contributed by atoms with E-state index in [-0.39, 0.29) is 17.1 Å². The van der Waals surface area contributed by atoms with E-state index in [4.69, 9.17) is 5.11 Å². The number of rotatable bonds is 3. The summed E-state index contributed by atoms with van der Waals surface area (Å²) in [6, 6.07) is 7.35. The van der Waals surface area contributed by atoms with E-state index < -0.39 is 10.9 Å². The third-order valence-corrected chi connectivity index (χ3v) is 2.14. The number of benzene rings is 1. The number of nitro groups is 1. The summed E-state index contributed by atoms with van der Waals surface area (Å²) in [7, 11) is 0. The number of hydrogen-bond donors (Lipinski definition) is 1. The molecule has 7 heteroatoms. The molecule has 1 aromatic heterocycles. The second-order valence-corrected chi connectivity index (χ2v) is 3.20. The number of aromatic nitrogens is 2. The molecule has 0 aliphatic rings. The lowest BCUT2D eigenvalue weighted by molar-refractivity contribution is -0.389. The molecule has 0 aliphatic carbocycles. The van der Waals surface area contributed by atoms with E-state index >= 15 is 0 Å². The number of carbonyl (C=O) groups is 1. The van der Waals surface area contributed by atoms with Crippen molar-refractivity contribution in [2.75, 3.05) is 0 Å². The normalized spacial score (nSPS) is 10.1. The molecule has 7 nitrogen and oxygen atoms in total. The van der Waals surface area contributed by atoms with Gasteiger partial charge in [-0.15, -0.1) is 4.68 Å². The highest BCUT2D eigenvalue weighted by atomic mass is 16.6. The van der Waals surface area contributed by atoms with Gasteiger partial charge in [0, 0.05) is 0 Å². The van der Waals surface area contributed by atoms with Gasteiger partial charge < -0.3 is 15.2 Å². The number of para-hydroxylation sites is 1. The SMILES string of the molecule is O=C(O)c1ccccc1-n1ccc([N+](=O)[O-])n1. The molecular weight excluding hydrogens is 226 g/mol. The van der Waals surface area contributed by atoms with E-state index in [1.807, 2.05) is 0 Å². The van der Waals surface area contributed by atoms with Crippen molar-refractivity contribution in [3.05, 3.63) is 52.2 Å². The number of hydrogen-bond acceptors (Lipinski definition) is 4. The van der Waals surface area contributed by atoms with Crippen LogP contribution in [0.15, 0.2) is 36.5 Å². The van der Waals surface area contributed by atoms with E-state index in [0.29, 0.717) is 0 Å². The summed E-state index contributed by atoms with van der Waals surface area (Å²) in [6.45, 7) is 0. The molecular formula is C10H7N3O4. The highest BCUT2D eigenvalue weighted by Crippen LogP contribution is 2.16. The Balaban J connectivity index is 2.52. The Morgan fingerprint density at radius 3 is 2.65 bits per heavy atom. The first-order valence-electron chi connectivity index (χ1n) is 4.62. The fourth-order valence-corrected chi connectivity index (χ4v) is 1.40. The molecule has 2 aromatic rings. The van der Waals surface area contributed by atoms with Crippen molar-refractivity contribution in [1.29, 1.82) is 0 Å². The quantitative estimate of drug-likeness (QED) is 0.639. The summed E-state index contributed by atoms with van der Waals surface area (Å²) in [5, 5.41) is 23.1. The van der Waals surface area contributed by atoms with Crippen LogP contribution < -0.4 is 0 Å². The maximum Gasteiger partial charge on any atom is 0.390 e. The van der Waals surface area contributed by atoms with Crippen LogP contribution in [0.3, 0.4) is 0 Å². The van der Waals surface area contributed by atoms with E-state index in [2.05, 4.69) is 5.10 Å². The van der Waals surface area contributed by atoms with Crippen LogP contribution in [0, 0.1) is 10.1 Å². The zero-order chi connectivity index (χ0) is 12.4. The largest absolute Gasteiger partial charge is 0.478 e. The average molecular weight is 233 g/mol. The minimum absolute atomic E-state index is 0.0329. The predicted octanol–water partition coefficient (Wildman–Crippen LogP) is 1.48. The van der Waals surface area contributed by atoms with Gasteiger partial charge in [0.15, 0.2) is 0 Å². The van der Waals surface area contributed by atoms with Gasteiger partial charge in [-0.1, -0.05) is 12.1 Å². The summed E-state index contributed by atoms with van der Waals surface area (Å²) >= 11 is 0. The molecule has 0 bridgehead atoms. The van der Waals surface area contributed by atoms with Crippen molar-refractivity contribution in [2.45, 2.75) is 0 Å². The molecule has 2 rings (SSSR count). The van der Waals surface area contributed by atoms with Gasteiger partial charge in [-0.25, -0.2) is 4.79 Å². The average Bonchev–Trinajstić information content (AvgIpc) is 2.78. The smallest absolute Gasteiger partial charge is 0.390 e. The van der Waals surface area contributed by atoms with Crippen molar-refractivity contribution in [1.82, 2.24) is 9.78 Å². The third kappa shape index (κ3) is 1.98. The summed E-state index contributed by atoms with van der Waals surface area (Å²) in [6.07, 6.45) is 1.35. The van der Waals surface area contributed by atoms with Crippen LogP contribution in [0.2, 0.25) is 0 Å². The van der Waals surface area contributed by atoms with Crippen LogP contribution in [0.1, 0.15) is 10.4 Å². The summed E-state index contributed by atoms with van der Waals surface area (Å²) in [5.74, 6) is -1.44. The Hall–Kier alpha value is -2.70. The van der Waals surface area contributed by atoms with E-state index in [1.165, 1.54) is 29.1 Å². The first kappa shape index (κ1) is 10.8. The molecule has 0 atom stereocenters. The van der Waals surface area contributed by atoms with Gasteiger partial charge in [-0.3, -0.25) is 0 Å². The number of aromatic carboxylic acids is 1. The van der Waals surface area contributed by atoms with Gasteiger partial charge in [-0.05, 0) is 17.1 Å². The maximum absolute atomic E-state index is 11.0. The van der Waals surface area contributed by atoms with Crippen LogP contribution in [-0.2, 0) is 0 Å². The van der Waals surface area contributed by atoms with Crippen LogP contribution in [-0.4, -0.2) is 25.8 Å². The lowest BCUT2D eigenvalue weighted by atomic mass is 10.2. The molecule has 86 valence electrons. The van der Waals surface area contributed by atoms with Crippen LogP contribution >= 0.6 is 0 Å². The standard InChI is InChI=1S/C10H7N3O4/c14-10(15)7-3-1-2-4-8(7)12-6-5-9(11-12)13(16)17/h1-6H,(H,14,15). The Bertz CT molecular complexity index is 591. The molecule has 0 aliphatic heterocycles. The molecule has 1 heterocycles. The molecule has 0 fully saturated rings. The zero-order valence-corrected chi connectivity index (χ0v) is 8.48. The van der Waals surface area contributed by atoms with Gasteiger partial charge >= 0.3 is 11.8 Å². The molecule has 1 N–H and O–H groups in total. The summed E-state index contributed by atoms with van der Waals surface area (Å²) in [4.78, 5) is 20.8. The molecule has 0 radical (unpaired) electrons. The second-order valence-electron chi connectivity index (χ2n) is 3.20. The van der Waals surface area contributed by atoms with Gasteiger partial charge in [0.1, 0.15) is 5.69 Å². The minimum Gasteiger partial charge on any atom is -0.478 e. The Morgan fingerprint density at radius 1 is 1.35 bits per heavy atom. The number of nitrogens with zero attached hydrogens (tertiary/aromatic N) is 3. The highest BCUT2D eigenvalue weighted by Gasteiger charge is 2.17. The molecule has 0 amide bonds. The minimum atomic E-state index is -1.11. The summed E-state index contributed by atoms with van der Waals surface area (Å²) in [5.41, 5.74) is 0.318. The van der Waals surface area contributed by atoms with E-state index in [1.54, 1.807) is 12.1 Å². The molecule has 17 heavy (non-hydrogen) atoms. The van der Waals surface area contributed by atoms with Crippen molar-refractivity contribution in [3.8, 4) is 5.69 Å². The molecule has 1 aromatic carbocycles. The Morgan fingerprint density at radius 2 is 2.06 bits per heavy atom. The first-order valence-corrected chi connectivity index (χ1v) is 4.62. The molecule has 0 saturated carbocycles. The van der Waals surface area contributed by atoms with E-state index in [9.17, 15) is 14.9 Å². The lowest BCUT2D eigenvalue weighted by Crippen LogP contribution is -2.05. The fourth-order valence-electron chi connectivity index (χ4n) is 1.40. The lowest BCUT2D eigenvalue weighted by Gasteiger charge is -2.01. The predicted molar refractivity (Wildman–Crippen MR) is 57.2 cm³/mol. The fraction of sp³-hybridized carbons (Fsp3) is 0. The van der Waals surface area contributed by atoms with Crippen molar-refractivity contribution >= 4 is 11.8 Å². The molecule has 0 spiro atoms. The van der Waals surface area contributed by atoms with Gasteiger partial charge in [-0.2, -0.15) is 0 Å². The van der Waals surface area contributed by atoms with Gasteiger partial charge in [0.05, 0.1) is 22.9 Å². The molecule has 0 saturated heterocycles. The topological polar surface area (TPSA) is 98.3 Å². The van der Waals surface area contributed by atoms with Crippen LogP contribution in [0.5, 0.6) is 0 Å². The monoisotopic (exact) mass is 233 g/mol. The van der Waals surface area contributed by atoms with Gasteiger partial charge in [0.25, 0.3) is 0 Å². The van der Waals surface area contributed by atoms with Crippen molar-refractivity contribution in [2.24, 2.45) is 0 Å².